The fourth-order valence-corrected chi connectivity index (χ4v) is 2.63. The fourth-order valence-electron chi connectivity index (χ4n) is 2.14. The smallest absolute Gasteiger partial charge is 0.279 e. The van der Waals surface area contributed by atoms with Crippen molar-refractivity contribution in [2.45, 2.75) is 6.92 Å². The van der Waals surface area contributed by atoms with E-state index >= 15 is 0 Å². The third kappa shape index (κ3) is 5.71. The van der Waals surface area contributed by atoms with Crippen LogP contribution in [0.4, 0.5) is 5.69 Å². The zero-order valence-electron chi connectivity index (χ0n) is 13.7. The van der Waals surface area contributed by atoms with Crippen molar-refractivity contribution in [3.8, 4) is 5.75 Å². The van der Waals surface area contributed by atoms with E-state index in [1.807, 2.05) is 38.2 Å². The highest BCUT2D eigenvalue weighted by molar-refractivity contribution is 6.39. The number of nitrogens with one attached hydrogen (secondary N) is 2. The Morgan fingerprint density at radius 2 is 1.75 bits per heavy atom. The van der Waals surface area contributed by atoms with Gasteiger partial charge in [0.1, 0.15) is 18.9 Å². The van der Waals surface area contributed by atoms with Crippen molar-refractivity contribution < 1.29 is 14.4 Å². The Kier molecular flexibility index (Phi) is 6.91. The number of rotatable bonds is 7. The van der Waals surface area contributed by atoms with Crippen molar-refractivity contribution in [2.24, 2.45) is 0 Å². The van der Waals surface area contributed by atoms with Crippen molar-refractivity contribution in [3.63, 3.8) is 0 Å². The first-order valence-corrected chi connectivity index (χ1v) is 8.46. The third-order valence-corrected chi connectivity index (χ3v) is 4.14. The highest BCUT2D eigenvalue weighted by Gasteiger charge is 2.13. The fraction of sp³-hybridized carbons (Fsp3) is 0.278. The van der Waals surface area contributed by atoms with Gasteiger partial charge in [0.15, 0.2) is 6.54 Å². The minimum atomic E-state index is -0.141. The van der Waals surface area contributed by atoms with Crippen LogP contribution in [-0.4, -0.2) is 32.7 Å². The number of anilines is 1. The lowest BCUT2D eigenvalue weighted by atomic mass is 10.2. The van der Waals surface area contributed by atoms with Gasteiger partial charge in [-0.05, 0) is 31.2 Å². The van der Waals surface area contributed by atoms with E-state index in [9.17, 15) is 4.79 Å². The lowest BCUT2D eigenvalue weighted by Gasteiger charge is -2.15. The number of quaternary nitrogens is 1. The highest BCUT2D eigenvalue weighted by atomic mass is 35.5. The highest BCUT2D eigenvalue weighted by Crippen LogP contribution is 2.29. The van der Waals surface area contributed by atoms with Gasteiger partial charge in [-0.25, -0.2) is 0 Å². The van der Waals surface area contributed by atoms with Crippen LogP contribution in [0.25, 0.3) is 0 Å². The summed E-state index contributed by atoms with van der Waals surface area (Å²) in [6.45, 7) is 3.58. The van der Waals surface area contributed by atoms with Gasteiger partial charge < -0.3 is 15.0 Å². The van der Waals surface area contributed by atoms with Gasteiger partial charge in [0.2, 0.25) is 0 Å². The molecule has 0 aliphatic heterocycles. The van der Waals surface area contributed by atoms with E-state index in [0.717, 1.165) is 10.6 Å². The molecule has 0 heterocycles. The zero-order valence-corrected chi connectivity index (χ0v) is 15.2. The number of carbonyl (C=O) groups excluding carboxylic acids is 1. The average molecular weight is 368 g/mol. The van der Waals surface area contributed by atoms with Crippen LogP contribution in [0.2, 0.25) is 10.0 Å². The van der Waals surface area contributed by atoms with E-state index in [4.69, 9.17) is 27.9 Å². The van der Waals surface area contributed by atoms with Crippen LogP contribution in [0.15, 0.2) is 42.5 Å². The van der Waals surface area contributed by atoms with Crippen molar-refractivity contribution >= 4 is 34.8 Å². The summed E-state index contributed by atoms with van der Waals surface area (Å²) in [5.41, 5.74) is 1.65. The molecule has 1 unspecified atom stereocenters. The van der Waals surface area contributed by atoms with Gasteiger partial charge in [0, 0.05) is 0 Å². The average Bonchev–Trinajstić information content (AvgIpc) is 2.53. The summed E-state index contributed by atoms with van der Waals surface area (Å²) in [5.74, 6) is 0.693. The quantitative estimate of drug-likeness (QED) is 0.789. The summed E-state index contributed by atoms with van der Waals surface area (Å²) < 4.78 is 5.67. The second-order valence-electron chi connectivity index (χ2n) is 5.69. The van der Waals surface area contributed by atoms with E-state index in [-0.39, 0.29) is 5.91 Å². The predicted molar refractivity (Wildman–Crippen MR) is 98.4 cm³/mol. The Morgan fingerprint density at radius 3 is 2.38 bits per heavy atom. The SMILES string of the molecule is Cc1ccc(OCC[NH+](C)CC(=O)Nc2c(Cl)cccc2Cl)cc1. The summed E-state index contributed by atoms with van der Waals surface area (Å²) >= 11 is 12.1. The van der Waals surface area contributed by atoms with Crippen LogP contribution in [0.5, 0.6) is 5.75 Å². The number of amides is 1. The molecule has 0 spiro atoms. The molecule has 2 N–H and O–H groups in total. The van der Waals surface area contributed by atoms with Gasteiger partial charge >= 0.3 is 0 Å². The summed E-state index contributed by atoms with van der Waals surface area (Å²) in [6.07, 6.45) is 0. The molecule has 1 atom stereocenters. The molecule has 6 heteroatoms. The normalized spacial score (nSPS) is 11.8. The Bertz CT molecular complexity index is 670. The molecule has 0 aliphatic rings. The molecule has 4 nitrogen and oxygen atoms in total. The van der Waals surface area contributed by atoms with Crippen molar-refractivity contribution in [2.75, 3.05) is 32.1 Å². The first kappa shape index (κ1) is 18.6. The Balaban J connectivity index is 1.76. The second kappa shape index (κ2) is 8.92. The Hall–Kier alpha value is -1.75. The number of para-hydroxylation sites is 1. The number of carbonyl (C=O) groups is 1. The van der Waals surface area contributed by atoms with Crippen LogP contribution in [-0.2, 0) is 4.79 Å². The zero-order chi connectivity index (χ0) is 17.5. The summed E-state index contributed by atoms with van der Waals surface area (Å²) in [6, 6.07) is 13.0. The topological polar surface area (TPSA) is 42.8 Å². The number of ether oxygens (including phenoxy) is 1. The molecule has 0 aliphatic carbocycles. The lowest BCUT2D eigenvalue weighted by molar-refractivity contribution is -0.871. The van der Waals surface area contributed by atoms with Gasteiger partial charge in [-0.1, -0.05) is 47.0 Å². The molecule has 24 heavy (non-hydrogen) atoms. The molecular weight excluding hydrogens is 347 g/mol. The predicted octanol–water partition coefficient (Wildman–Crippen LogP) is 2.83. The molecule has 0 aromatic heterocycles. The minimum absolute atomic E-state index is 0.141. The molecule has 0 saturated carbocycles. The summed E-state index contributed by atoms with van der Waals surface area (Å²) in [4.78, 5) is 13.1. The van der Waals surface area contributed by atoms with Gasteiger partial charge in [-0.3, -0.25) is 4.79 Å². The van der Waals surface area contributed by atoms with Crippen LogP contribution in [0.1, 0.15) is 5.56 Å². The van der Waals surface area contributed by atoms with Crippen LogP contribution in [0.3, 0.4) is 0 Å². The monoisotopic (exact) mass is 367 g/mol. The first-order chi connectivity index (χ1) is 11.5. The van der Waals surface area contributed by atoms with Crippen LogP contribution >= 0.6 is 23.2 Å². The van der Waals surface area contributed by atoms with E-state index in [1.165, 1.54) is 5.56 Å². The van der Waals surface area contributed by atoms with Gasteiger partial charge in [-0.15, -0.1) is 0 Å². The number of hydrogen-bond acceptors (Lipinski definition) is 2. The summed E-state index contributed by atoms with van der Waals surface area (Å²) in [7, 11) is 1.94. The number of aryl methyl sites for hydroxylation is 1. The van der Waals surface area contributed by atoms with Gasteiger partial charge in [0.05, 0.1) is 22.8 Å². The number of hydrogen-bond donors (Lipinski definition) is 2. The maximum absolute atomic E-state index is 12.1. The molecule has 0 bridgehead atoms. The third-order valence-electron chi connectivity index (χ3n) is 3.51. The van der Waals surface area contributed by atoms with Gasteiger partial charge in [-0.2, -0.15) is 0 Å². The molecule has 1 amide bonds. The largest absolute Gasteiger partial charge is 0.488 e. The van der Waals surface area contributed by atoms with Gasteiger partial charge in [0.25, 0.3) is 5.91 Å². The number of benzene rings is 2. The molecule has 2 aromatic carbocycles. The first-order valence-electron chi connectivity index (χ1n) is 7.70. The molecule has 0 saturated heterocycles. The molecule has 128 valence electrons. The van der Waals surface area contributed by atoms with E-state index in [0.29, 0.717) is 35.4 Å². The van der Waals surface area contributed by atoms with E-state index < -0.39 is 0 Å². The standard InChI is InChI=1S/C18H20Cl2N2O2/c1-13-6-8-14(9-7-13)24-11-10-22(2)12-17(23)21-18-15(19)4-3-5-16(18)20/h3-9H,10-12H2,1-2H3,(H,21,23)/p+1. The van der Waals surface area contributed by atoms with Crippen LogP contribution < -0.4 is 15.0 Å². The minimum Gasteiger partial charge on any atom is -0.488 e. The lowest BCUT2D eigenvalue weighted by Crippen LogP contribution is -3.10. The second-order valence-corrected chi connectivity index (χ2v) is 6.50. The number of halogens is 2. The summed E-state index contributed by atoms with van der Waals surface area (Å²) in [5, 5.41) is 3.61. The Labute approximate surface area is 152 Å². The molecular formula is C18H21Cl2N2O2+. The molecule has 2 rings (SSSR count). The Morgan fingerprint density at radius 1 is 1.12 bits per heavy atom. The van der Waals surface area contributed by atoms with Crippen molar-refractivity contribution in [1.29, 1.82) is 0 Å². The van der Waals surface area contributed by atoms with Crippen molar-refractivity contribution in [3.05, 3.63) is 58.1 Å². The maximum atomic E-state index is 12.1. The van der Waals surface area contributed by atoms with E-state index in [2.05, 4.69) is 5.32 Å². The van der Waals surface area contributed by atoms with Crippen molar-refractivity contribution in [1.82, 2.24) is 0 Å². The number of likely N-dealkylation sites (N-methyl/N-ethyl adjacent to an activating group) is 1. The molecule has 0 radical (unpaired) electrons. The molecule has 0 fully saturated rings. The van der Waals surface area contributed by atoms with Crippen LogP contribution in [0, 0.1) is 6.92 Å². The maximum Gasteiger partial charge on any atom is 0.279 e. The molecule has 2 aromatic rings. The van der Waals surface area contributed by atoms with E-state index in [1.54, 1.807) is 18.2 Å².